The molecule has 0 fully saturated rings. The summed E-state index contributed by atoms with van der Waals surface area (Å²) >= 11 is 0. The van der Waals surface area contributed by atoms with E-state index in [0.717, 1.165) is 36.9 Å². The molecule has 4 rings (SSSR count). The van der Waals surface area contributed by atoms with Crippen molar-refractivity contribution in [2.24, 2.45) is 5.92 Å². The van der Waals surface area contributed by atoms with Crippen LogP contribution in [-0.2, 0) is 24.1 Å². The number of aryl methyl sites for hydroxylation is 1. The molecule has 0 bridgehead atoms. The van der Waals surface area contributed by atoms with Crippen LogP contribution in [0.1, 0.15) is 23.2 Å². The zero-order valence-electron chi connectivity index (χ0n) is 15.0. The highest BCUT2D eigenvalue weighted by molar-refractivity contribution is 5.88. The second kappa shape index (κ2) is 7.24. The van der Waals surface area contributed by atoms with Crippen molar-refractivity contribution in [3.05, 3.63) is 65.4 Å². The van der Waals surface area contributed by atoms with Gasteiger partial charge < -0.3 is 15.0 Å². The number of carbonyl (C=O) groups is 1. The molecule has 4 nitrogen and oxygen atoms in total. The molecular weight excluding hydrogens is 324 g/mol. The number of hydrogen-bond acceptors (Lipinski definition) is 2. The number of amides is 1. The molecule has 4 heteroatoms. The van der Waals surface area contributed by atoms with Gasteiger partial charge in [0.05, 0.1) is 7.11 Å². The third-order valence-corrected chi connectivity index (χ3v) is 5.32. The van der Waals surface area contributed by atoms with Gasteiger partial charge in [-0.25, -0.2) is 0 Å². The van der Waals surface area contributed by atoms with Crippen molar-refractivity contribution in [3.63, 3.8) is 0 Å². The van der Waals surface area contributed by atoms with E-state index in [-0.39, 0.29) is 11.8 Å². The number of nitrogens with one attached hydrogen (secondary N) is 2. The van der Waals surface area contributed by atoms with Gasteiger partial charge >= 0.3 is 0 Å². The van der Waals surface area contributed by atoms with E-state index < -0.39 is 0 Å². The molecule has 1 aromatic heterocycles. The van der Waals surface area contributed by atoms with Gasteiger partial charge in [0, 0.05) is 29.1 Å². The Morgan fingerprint density at radius 1 is 1.23 bits per heavy atom. The Bertz CT molecular complexity index is 915. The fourth-order valence-electron chi connectivity index (χ4n) is 3.87. The van der Waals surface area contributed by atoms with Crippen LogP contribution in [0.5, 0.6) is 5.75 Å². The number of H-pyrrole nitrogens is 1. The molecule has 0 spiro atoms. The van der Waals surface area contributed by atoms with Crippen molar-refractivity contribution in [2.45, 2.75) is 25.7 Å². The first-order chi connectivity index (χ1) is 12.7. The number of carbonyl (C=O) groups excluding carboxylic acids is 1. The second-order valence-corrected chi connectivity index (χ2v) is 6.96. The van der Waals surface area contributed by atoms with Crippen LogP contribution in [0.15, 0.2) is 48.5 Å². The van der Waals surface area contributed by atoms with Crippen molar-refractivity contribution in [1.82, 2.24) is 10.3 Å². The van der Waals surface area contributed by atoms with E-state index in [1.807, 2.05) is 24.3 Å². The van der Waals surface area contributed by atoms with Crippen LogP contribution in [0, 0.1) is 5.92 Å². The van der Waals surface area contributed by atoms with E-state index in [0.29, 0.717) is 6.54 Å². The molecule has 1 aliphatic rings. The van der Waals surface area contributed by atoms with E-state index in [1.54, 1.807) is 7.11 Å². The number of benzene rings is 2. The van der Waals surface area contributed by atoms with Gasteiger partial charge in [0.25, 0.3) is 0 Å². The average Bonchev–Trinajstić information content (AvgIpc) is 3.05. The van der Waals surface area contributed by atoms with Crippen LogP contribution in [0.2, 0.25) is 0 Å². The van der Waals surface area contributed by atoms with Gasteiger partial charge in [0.2, 0.25) is 5.91 Å². The molecule has 0 saturated carbocycles. The van der Waals surface area contributed by atoms with Crippen LogP contribution in [0.3, 0.4) is 0 Å². The molecule has 1 aliphatic carbocycles. The lowest BCUT2D eigenvalue weighted by Crippen LogP contribution is -2.35. The summed E-state index contributed by atoms with van der Waals surface area (Å²) in [6.07, 6.45) is 3.48. The van der Waals surface area contributed by atoms with E-state index in [4.69, 9.17) is 4.74 Å². The van der Waals surface area contributed by atoms with Gasteiger partial charge in [0.15, 0.2) is 0 Å². The molecule has 1 amide bonds. The zero-order valence-corrected chi connectivity index (χ0v) is 15.0. The molecule has 0 saturated heterocycles. The maximum Gasteiger partial charge on any atom is 0.223 e. The van der Waals surface area contributed by atoms with Gasteiger partial charge in [0.1, 0.15) is 5.75 Å². The number of fused-ring (bicyclic) bond motifs is 3. The summed E-state index contributed by atoms with van der Waals surface area (Å²) in [6.45, 7) is 0.688. The standard InChI is InChI=1S/C22H24N2O2/c1-26-17-8-10-21-19(14-17)18-13-16(7-9-20(18)24-21)22(25)23-12-11-15-5-3-2-4-6-15/h2-6,8,10,14,16,24H,7,9,11-13H2,1H3,(H,23,25). The largest absolute Gasteiger partial charge is 0.497 e. The lowest BCUT2D eigenvalue weighted by atomic mass is 9.85. The Balaban J connectivity index is 1.43. The van der Waals surface area contributed by atoms with E-state index in [1.165, 1.54) is 22.2 Å². The smallest absolute Gasteiger partial charge is 0.223 e. The van der Waals surface area contributed by atoms with E-state index in [2.05, 4.69) is 34.6 Å². The van der Waals surface area contributed by atoms with Crippen LogP contribution in [-0.4, -0.2) is 24.5 Å². The lowest BCUT2D eigenvalue weighted by Gasteiger charge is -2.22. The first-order valence-electron chi connectivity index (χ1n) is 9.23. The zero-order chi connectivity index (χ0) is 17.9. The van der Waals surface area contributed by atoms with Crippen molar-refractivity contribution in [2.75, 3.05) is 13.7 Å². The molecule has 0 aliphatic heterocycles. The highest BCUT2D eigenvalue weighted by Crippen LogP contribution is 2.33. The van der Waals surface area contributed by atoms with Gasteiger partial charge in [-0.3, -0.25) is 4.79 Å². The topological polar surface area (TPSA) is 54.1 Å². The van der Waals surface area contributed by atoms with Gasteiger partial charge in [-0.05, 0) is 55.0 Å². The average molecular weight is 348 g/mol. The number of aromatic amines is 1. The number of ether oxygens (including phenoxy) is 1. The molecule has 134 valence electrons. The van der Waals surface area contributed by atoms with Gasteiger partial charge in [-0.15, -0.1) is 0 Å². The van der Waals surface area contributed by atoms with Crippen LogP contribution in [0.4, 0.5) is 0 Å². The minimum atomic E-state index is 0.0449. The maximum absolute atomic E-state index is 12.6. The summed E-state index contributed by atoms with van der Waals surface area (Å²) in [4.78, 5) is 16.1. The third-order valence-electron chi connectivity index (χ3n) is 5.32. The Morgan fingerprint density at radius 2 is 2.08 bits per heavy atom. The number of aromatic nitrogens is 1. The minimum absolute atomic E-state index is 0.0449. The fraction of sp³-hybridized carbons (Fsp3) is 0.318. The number of hydrogen-bond donors (Lipinski definition) is 2. The summed E-state index contributed by atoms with van der Waals surface area (Å²) in [7, 11) is 1.68. The predicted molar refractivity (Wildman–Crippen MR) is 104 cm³/mol. The highest BCUT2D eigenvalue weighted by atomic mass is 16.5. The fourth-order valence-corrected chi connectivity index (χ4v) is 3.87. The summed E-state index contributed by atoms with van der Waals surface area (Å²) in [6, 6.07) is 16.4. The molecule has 26 heavy (non-hydrogen) atoms. The predicted octanol–water partition coefficient (Wildman–Crippen LogP) is 3.64. The summed E-state index contributed by atoms with van der Waals surface area (Å²) in [5, 5.41) is 4.30. The van der Waals surface area contributed by atoms with Crippen LogP contribution in [0.25, 0.3) is 10.9 Å². The van der Waals surface area contributed by atoms with E-state index in [9.17, 15) is 4.79 Å². The van der Waals surface area contributed by atoms with Crippen molar-refractivity contribution < 1.29 is 9.53 Å². The SMILES string of the molecule is COc1ccc2[nH]c3c(c2c1)CC(C(=O)NCCc1ccccc1)CC3. The molecule has 1 atom stereocenters. The van der Waals surface area contributed by atoms with Crippen molar-refractivity contribution >= 4 is 16.8 Å². The quantitative estimate of drug-likeness (QED) is 0.740. The highest BCUT2D eigenvalue weighted by Gasteiger charge is 2.27. The molecule has 3 aromatic rings. The molecule has 2 aromatic carbocycles. The molecule has 1 unspecified atom stereocenters. The van der Waals surface area contributed by atoms with Crippen LogP contribution >= 0.6 is 0 Å². The van der Waals surface area contributed by atoms with Crippen molar-refractivity contribution in [3.8, 4) is 5.75 Å². The Morgan fingerprint density at radius 3 is 2.88 bits per heavy atom. The minimum Gasteiger partial charge on any atom is -0.497 e. The van der Waals surface area contributed by atoms with Crippen LogP contribution < -0.4 is 10.1 Å². The molecule has 0 radical (unpaired) electrons. The van der Waals surface area contributed by atoms with Crippen molar-refractivity contribution in [1.29, 1.82) is 0 Å². The molecular formula is C22H24N2O2. The Hall–Kier alpha value is -2.75. The Labute approximate surface area is 153 Å². The summed E-state index contributed by atoms with van der Waals surface area (Å²) in [5.74, 6) is 1.07. The Kier molecular flexibility index (Phi) is 4.65. The normalized spacial score (nSPS) is 16.3. The first kappa shape index (κ1) is 16.7. The molecule has 2 N–H and O–H groups in total. The monoisotopic (exact) mass is 348 g/mol. The molecule has 1 heterocycles. The summed E-state index contributed by atoms with van der Waals surface area (Å²) in [5.41, 5.74) is 4.92. The maximum atomic E-state index is 12.6. The summed E-state index contributed by atoms with van der Waals surface area (Å²) < 4.78 is 5.36. The van der Waals surface area contributed by atoms with Gasteiger partial charge in [-0.1, -0.05) is 30.3 Å². The first-order valence-corrected chi connectivity index (χ1v) is 9.23. The lowest BCUT2D eigenvalue weighted by molar-refractivity contribution is -0.125. The number of rotatable bonds is 5. The third kappa shape index (κ3) is 3.32. The van der Waals surface area contributed by atoms with Gasteiger partial charge in [-0.2, -0.15) is 0 Å². The second-order valence-electron chi connectivity index (χ2n) is 6.96. The number of methoxy groups -OCH3 is 1. The van der Waals surface area contributed by atoms with E-state index >= 15 is 0 Å².